The van der Waals surface area contributed by atoms with Crippen LogP contribution in [0, 0.1) is 5.92 Å². The molecule has 0 aliphatic carbocycles. The van der Waals surface area contributed by atoms with Gasteiger partial charge in [0.25, 0.3) is 0 Å². The zero-order valence-electron chi connectivity index (χ0n) is 9.44. The van der Waals surface area contributed by atoms with Crippen molar-refractivity contribution in [3.63, 3.8) is 0 Å². The van der Waals surface area contributed by atoms with Gasteiger partial charge in [0, 0.05) is 5.92 Å². The van der Waals surface area contributed by atoms with Gasteiger partial charge in [-0.3, -0.25) is 4.79 Å². The molecule has 0 saturated carbocycles. The second kappa shape index (κ2) is 6.44. The summed E-state index contributed by atoms with van der Waals surface area (Å²) in [5.74, 6) is -0.542. The molecule has 1 amide bonds. The minimum atomic E-state index is -4.03. The first kappa shape index (κ1) is 14.8. The van der Waals surface area contributed by atoms with E-state index in [0.29, 0.717) is 0 Å². The van der Waals surface area contributed by atoms with Gasteiger partial charge < -0.3 is 4.74 Å². The van der Waals surface area contributed by atoms with E-state index in [-0.39, 0.29) is 24.9 Å². The van der Waals surface area contributed by atoms with Crippen molar-refractivity contribution in [1.82, 2.24) is 9.44 Å². The highest BCUT2D eigenvalue weighted by Gasteiger charge is 2.17. The molecular weight excluding hydrogens is 236 g/mol. The number of carbonyl (C=O) groups excluding carboxylic acids is 2. The molecule has 7 nitrogen and oxygen atoms in total. The van der Waals surface area contributed by atoms with E-state index in [1.807, 2.05) is 4.72 Å². The molecule has 0 aromatic heterocycles. The number of ketones is 1. The summed E-state index contributed by atoms with van der Waals surface area (Å²) in [6.07, 6.45) is -1.08. The van der Waals surface area contributed by atoms with Crippen LogP contribution in [0.15, 0.2) is 0 Å². The maximum absolute atomic E-state index is 11.2. The molecule has 0 atom stereocenters. The smallest absolute Gasteiger partial charge is 0.421 e. The van der Waals surface area contributed by atoms with Gasteiger partial charge in [-0.15, -0.1) is 0 Å². The Balaban J connectivity index is 4.16. The summed E-state index contributed by atoms with van der Waals surface area (Å²) in [5, 5.41) is 0. The van der Waals surface area contributed by atoms with Crippen molar-refractivity contribution in [2.75, 3.05) is 13.2 Å². The van der Waals surface area contributed by atoms with Crippen LogP contribution < -0.4 is 9.44 Å². The lowest BCUT2D eigenvalue weighted by Crippen LogP contribution is -2.43. The average molecular weight is 252 g/mol. The summed E-state index contributed by atoms with van der Waals surface area (Å²) in [5.41, 5.74) is 0. The molecular formula is C8H16N2O5S. The largest absolute Gasteiger partial charge is 0.449 e. The van der Waals surface area contributed by atoms with E-state index in [4.69, 9.17) is 0 Å². The Bertz CT molecular complexity index is 349. The Morgan fingerprint density at radius 2 is 1.88 bits per heavy atom. The summed E-state index contributed by atoms with van der Waals surface area (Å²) in [7, 11) is -4.03. The Morgan fingerprint density at radius 3 is 2.31 bits per heavy atom. The Morgan fingerprint density at radius 1 is 1.31 bits per heavy atom. The van der Waals surface area contributed by atoms with Crippen LogP contribution >= 0.6 is 0 Å². The maximum Gasteiger partial charge on any atom is 0.421 e. The fourth-order valence-electron chi connectivity index (χ4n) is 0.677. The van der Waals surface area contributed by atoms with Gasteiger partial charge in [0.05, 0.1) is 13.2 Å². The van der Waals surface area contributed by atoms with Gasteiger partial charge in [0.1, 0.15) is 5.78 Å². The second-order valence-corrected chi connectivity index (χ2v) is 4.77. The molecule has 0 aliphatic heterocycles. The lowest BCUT2D eigenvalue weighted by Gasteiger charge is -2.08. The molecule has 94 valence electrons. The van der Waals surface area contributed by atoms with E-state index in [0.717, 1.165) is 0 Å². The lowest BCUT2D eigenvalue weighted by molar-refractivity contribution is -0.120. The van der Waals surface area contributed by atoms with Crippen LogP contribution in [0.3, 0.4) is 0 Å². The number of Topliss-reactive ketones (excluding diaryl/α,β-unsaturated/α-hetero) is 1. The van der Waals surface area contributed by atoms with Crippen LogP contribution in [0.4, 0.5) is 4.79 Å². The highest BCUT2D eigenvalue weighted by Crippen LogP contribution is 1.92. The van der Waals surface area contributed by atoms with E-state index in [1.54, 1.807) is 25.5 Å². The van der Waals surface area contributed by atoms with E-state index < -0.39 is 16.3 Å². The van der Waals surface area contributed by atoms with Gasteiger partial charge in [-0.1, -0.05) is 13.8 Å². The molecule has 0 saturated heterocycles. The van der Waals surface area contributed by atoms with Crippen LogP contribution in [-0.2, 0) is 19.7 Å². The predicted molar refractivity (Wildman–Crippen MR) is 56.9 cm³/mol. The van der Waals surface area contributed by atoms with Crippen LogP contribution in [0.25, 0.3) is 0 Å². The minimum absolute atomic E-state index is 0.0618. The van der Waals surface area contributed by atoms with Crippen molar-refractivity contribution >= 4 is 22.1 Å². The van der Waals surface area contributed by atoms with Crippen molar-refractivity contribution < 1.29 is 22.7 Å². The first-order valence-electron chi connectivity index (χ1n) is 4.75. The van der Waals surface area contributed by atoms with E-state index in [9.17, 15) is 18.0 Å². The third-order valence-corrected chi connectivity index (χ3v) is 2.53. The highest BCUT2D eigenvalue weighted by molar-refractivity contribution is 7.88. The molecule has 8 heteroatoms. The summed E-state index contributed by atoms with van der Waals surface area (Å²) >= 11 is 0. The molecule has 0 spiro atoms. The highest BCUT2D eigenvalue weighted by atomic mass is 32.2. The molecule has 0 rings (SSSR count). The van der Waals surface area contributed by atoms with Crippen molar-refractivity contribution in [1.29, 1.82) is 0 Å². The predicted octanol–water partition coefficient (Wildman–Crippen LogP) is -0.208. The van der Waals surface area contributed by atoms with E-state index in [1.165, 1.54) is 0 Å². The van der Waals surface area contributed by atoms with Crippen molar-refractivity contribution in [3.8, 4) is 0 Å². The molecule has 0 aromatic carbocycles. The molecule has 16 heavy (non-hydrogen) atoms. The zero-order valence-corrected chi connectivity index (χ0v) is 10.3. The van der Waals surface area contributed by atoms with Gasteiger partial charge >= 0.3 is 16.3 Å². The average Bonchev–Trinajstić information content (AvgIpc) is 2.13. The number of rotatable bonds is 6. The van der Waals surface area contributed by atoms with Crippen LogP contribution in [0.5, 0.6) is 0 Å². The number of ether oxygens (including phenoxy) is 1. The zero-order chi connectivity index (χ0) is 12.8. The number of hydrogen-bond acceptors (Lipinski definition) is 5. The van der Waals surface area contributed by atoms with Gasteiger partial charge in [0.2, 0.25) is 0 Å². The fraction of sp³-hybridized carbons (Fsp3) is 0.750. The van der Waals surface area contributed by atoms with Crippen LogP contribution in [0.2, 0.25) is 0 Å². The summed E-state index contributed by atoms with van der Waals surface area (Å²) in [4.78, 5) is 21.9. The Labute approximate surface area is 94.7 Å². The number of hydrogen-bond donors (Lipinski definition) is 2. The Kier molecular flexibility index (Phi) is 5.97. The monoisotopic (exact) mass is 252 g/mol. The van der Waals surface area contributed by atoms with Gasteiger partial charge in [-0.05, 0) is 6.92 Å². The first-order valence-corrected chi connectivity index (χ1v) is 6.23. The molecule has 2 N–H and O–H groups in total. The fourth-order valence-corrected chi connectivity index (χ4v) is 1.36. The number of amides is 1. The van der Waals surface area contributed by atoms with Crippen molar-refractivity contribution in [2.24, 2.45) is 5.92 Å². The third-order valence-electron chi connectivity index (χ3n) is 1.57. The lowest BCUT2D eigenvalue weighted by atomic mass is 10.1. The van der Waals surface area contributed by atoms with Gasteiger partial charge in [-0.2, -0.15) is 13.1 Å². The molecule has 0 bridgehead atoms. The maximum atomic E-state index is 11.2. The summed E-state index contributed by atoms with van der Waals surface area (Å²) in [6, 6.07) is 0. The molecule has 0 radical (unpaired) electrons. The van der Waals surface area contributed by atoms with Crippen LogP contribution in [-0.4, -0.2) is 33.4 Å². The SMILES string of the molecule is CCOC(=O)NS(=O)(=O)NCC(=O)C(C)C. The molecule has 0 aromatic rings. The molecule has 0 fully saturated rings. The topological polar surface area (TPSA) is 102 Å². The van der Waals surface area contributed by atoms with Gasteiger partial charge in [-0.25, -0.2) is 9.52 Å². The van der Waals surface area contributed by atoms with E-state index in [2.05, 4.69) is 4.74 Å². The molecule has 0 unspecified atom stereocenters. The first-order chi connectivity index (χ1) is 7.28. The second-order valence-electron chi connectivity index (χ2n) is 3.27. The normalized spacial score (nSPS) is 11.2. The number of nitrogens with one attached hydrogen (secondary N) is 2. The van der Waals surface area contributed by atoms with Gasteiger partial charge in [0.15, 0.2) is 0 Å². The Hall–Kier alpha value is -1.15. The quantitative estimate of drug-likeness (QED) is 0.681. The summed E-state index contributed by atoms with van der Waals surface area (Å²) in [6.45, 7) is 4.55. The van der Waals surface area contributed by atoms with Crippen molar-refractivity contribution in [3.05, 3.63) is 0 Å². The van der Waals surface area contributed by atoms with Crippen molar-refractivity contribution in [2.45, 2.75) is 20.8 Å². The third kappa shape index (κ3) is 6.36. The van der Waals surface area contributed by atoms with Crippen LogP contribution in [0.1, 0.15) is 20.8 Å². The standard InChI is InChI=1S/C8H16N2O5S/c1-4-15-8(12)10-16(13,14)9-5-7(11)6(2)3/h6,9H,4-5H2,1-3H3,(H,10,12). The number of carbonyl (C=O) groups is 2. The molecule has 0 aliphatic rings. The molecule has 0 heterocycles. The minimum Gasteiger partial charge on any atom is -0.449 e. The van der Waals surface area contributed by atoms with E-state index >= 15 is 0 Å². The summed E-state index contributed by atoms with van der Waals surface area (Å²) < 4.78 is 30.3.